The highest BCUT2D eigenvalue weighted by Gasteiger charge is 2.64. The van der Waals surface area contributed by atoms with Gasteiger partial charge in [0, 0.05) is 12.0 Å². The van der Waals surface area contributed by atoms with Gasteiger partial charge in [-0.3, -0.25) is 0 Å². The van der Waals surface area contributed by atoms with E-state index in [1.54, 1.807) is 0 Å². The Kier molecular flexibility index (Phi) is 6.76. The summed E-state index contributed by atoms with van der Waals surface area (Å²) in [5.74, 6) is 0.460. The highest BCUT2D eigenvalue weighted by atomic mass is 29.9. The smallest absolute Gasteiger partial charge is 0.158 e. The second-order valence-electron chi connectivity index (χ2n) is 10.5. The van der Waals surface area contributed by atoms with Crippen molar-refractivity contribution in [3.63, 3.8) is 0 Å². The van der Waals surface area contributed by atoms with E-state index < -0.39 is 29.6 Å². The third-order valence-electron chi connectivity index (χ3n) is 5.56. The van der Waals surface area contributed by atoms with Crippen LogP contribution in [0, 0.1) is 0 Å². The molecule has 0 radical (unpaired) electrons. The SMILES string of the molecule is C[C@H](c1ccccc1)[C@@H](C)O[Si]([Si](C)(C)C)([Si](C)(C)C)[Si](C)(C)C. The maximum absolute atomic E-state index is 7.37. The van der Waals surface area contributed by atoms with Crippen LogP contribution in [0.25, 0.3) is 0 Å². The molecule has 138 valence electrons. The predicted molar refractivity (Wildman–Crippen MR) is 121 cm³/mol. The average Bonchev–Trinajstić information content (AvgIpc) is 2.40. The lowest BCUT2D eigenvalue weighted by Gasteiger charge is -2.57. The van der Waals surface area contributed by atoms with Crippen molar-refractivity contribution >= 4 is 29.6 Å². The summed E-state index contributed by atoms with van der Waals surface area (Å²) in [7, 11) is -4.13. The second kappa shape index (κ2) is 7.35. The molecule has 0 aromatic heterocycles. The van der Waals surface area contributed by atoms with E-state index in [0.717, 1.165) is 0 Å². The van der Waals surface area contributed by atoms with Crippen LogP contribution in [0.15, 0.2) is 30.3 Å². The monoisotopic (exact) mass is 396 g/mol. The van der Waals surface area contributed by atoms with Crippen molar-refractivity contribution in [2.45, 2.75) is 84.8 Å². The van der Waals surface area contributed by atoms with Crippen molar-refractivity contribution in [3.8, 4) is 0 Å². The first-order valence-electron chi connectivity index (χ1n) is 9.38. The van der Waals surface area contributed by atoms with Crippen molar-refractivity contribution in [3.05, 3.63) is 35.9 Å². The number of hydrogen-bond donors (Lipinski definition) is 0. The molecule has 0 saturated heterocycles. The van der Waals surface area contributed by atoms with Gasteiger partial charge in [-0.2, -0.15) is 0 Å². The maximum atomic E-state index is 7.37. The Morgan fingerprint density at radius 2 is 1.04 bits per heavy atom. The Morgan fingerprint density at radius 1 is 0.667 bits per heavy atom. The quantitative estimate of drug-likeness (QED) is 0.485. The van der Waals surface area contributed by atoms with E-state index in [1.165, 1.54) is 5.56 Å². The molecule has 1 nitrogen and oxygen atoms in total. The molecule has 0 heterocycles. The van der Waals surface area contributed by atoms with Gasteiger partial charge in [-0.15, -0.1) is 0 Å². The molecule has 0 saturated carbocycles. The summed E-state index contributed by atoms with van der Waals surface area (Å²) >= 11 is 0. The minimum absolute atomic E-state index is 0.309. The zero-order valence-electron chi connectivity index (χ0n) is 17.9. The molecular formula is C19H40OSi4. The third kappa shape index (κ3) is 4.23. The highest BCUT2D eigenvalue weighted by molar-refractivity contribution is 7.87. The summed E-state index contributed by atoms with van der Waals surface area (Å²) in [6.07, 6.45) is 0.309. The van der Waals surface area contributed by atoms with Crippen LogP contribution in [-0.4, -0.2) is 35.7 Å². The van der Waals surface area contributed by atoms with Crippen LogP contribution in [0.2, 0.25) is 58.9 Å². The molecule has 24 heavy (non-hydrogen) atoms. The number of hydrogen-bond acceptors (Lipinski definition) is 1. The van der Waals surface area contributed by atoms with Gasteiger partial charge in [0.05, 0.1) is 22.8 Å². The van der Waals surface area contributed by atoms with Crippen LogP contribution >= 0.6 is 0 Å². The standard InChI is InChI=1S/C19H40OSi4/c1-17(19-15-13-12-14-16-19)18(2)20-24(21(3,4)5,22(6,7)8)23(9,10)11/h12-18H,1-11H3/t17-,18+/m0/s1. The fourth-order valence-corrected chi connectivity index (χ4v) is 99.7. The molecule has 0 spiro atoms. The Morgan fingerprint density at radius 3 is 1.38 bits per heavy atom. The maximum Gasteiger partial charge on any atom is 0.158 e. The summed E-state index contributed by atoms with van der Waals surface area (Å²) in [5.41, 5.74) is 1.41. The molecule has 0 fully saturated rings. The molecule has 0 bridgehead atoms. The van der Waals surface area contributed by atoms with Crippen LogP contribution in [-0.2, 0) is 4.43 Å². The summed E-state index contributed by atoms with van der Waals surface area (Å²) in [5, 5.41) is 0. The average molecular weight is 397 g/mol. The van der Waals surface area contributed by atoms with E-state index in [1.807, 2.05) is 0 Å². The molecule has 0 aliphatic heterocycles. The molecule has 0 N–H and O–H groups in total. The van der Waals surface area contributed by atoms with E-state index in [-0.39, 0.29) is 0 Å². The second-order valence-corrected chi connectivity index (χ2v) is 49.9. The Labute approximate surface area is 154 Å². The summed E-state index contributed by atoms with van der Waals surface area (Å²) in [6.45, 7) is 26.3. The molecule has 0 amide bonds. The minimum Gasteiger partial charge on any atom is -0.423 e. The summed E-state index contributed by atoms with van der Waals surface area (Å²) < 4.78 is 7.37. The Hall–Kier alpha value is 0.0475. The van der Waals surface area contributed by atoms with Crippen molar-refractivity contribution in [1.82, 2.24) is 0 Å². The fraction of sp³-hybridized carbons (Fsp3) is 0.684. The predicted octanol–water partition coefficient (Wildman–Crippen LogP) is 6.39. The first kappa shape index (κ1) is 22.1. The van der Waals surface area contributed by atoms with Gasteiger partial charge in [-0.25, -0.2) is 0 Å². The van der Waals surface area contributed by atoms with Gasteiger partial charge in [0.1, 0.15) is 0 Å². The lowest BCUT2D eigenvalue weighted by atomic mass is 9.97. The molecular weight excluding hydrogens is 357 g/mol. The zero-order valence-corrected chi connectivity index (χ0v) is 21.9. The lowest BCUT2D eigenvalue weighted by molar-refractivity contribution is 0.201. The van der Waals surface area contributed by atoms with Crippen LogP contribution in [0.5, 0.6) is 0 Å². The molecule has 0 aliphatic carbocycles. The van der Waals surface area contributed by atoms with E-state index in [9.17, 15) is 0 Å². The van der Waals surface area contributed by atoms with Gasteiger partial charge < -0.3 is 4.43 Å². The van der Waals surface area contributed by atoms with Gasteiger partial charge in [-0.1, -0.05) is 96.2 Å². The minimum atomic E-state index is -1.74. The highest BCUT2D eigenvalue weighted by Crippen LogP contribution is 2.40. The van der Waals surface area contributed by atoms with Crippen LogP contribution < -0.4 is 0 Å². The molecule has 0 aliphatic rings. The molecule has 0 unspecified atom stereocenters. The largest absolute Gasteiger partial charge is 0.423 e. The molecule has 5 heteroatoms. The normalized spacial score (nSPS) is 16.8. The zero-order chi connectivity index (χ0) is 19.0. The van der Waals surface area contributed by atoms with E-state index >= 15 is 0 Å². The van der Waals surface area contributed by atoms with Crippen LogP contribution in [0.4, 0.5) is 0 Å². The number of rotatable bonds is 7. The lowest BCUT2D eigenvalue weighted by Crippen LogP contribution is -2.84. The van der Waals surface area contributed by atoms with Gasteiger partial charge in [-0.05, 0) is 12.5 Å². The van der Waals surface area contributed by atoms with Crippen molar-refractivity contribution in [1.29, 1.82) is 0 Å². The van der Waals surface area contributed by atoms with E-state index in [0.29, 0.717) is 12.0 Å². The topological polar surface area (TPSA) is 9.23 Å². The first-order valence-corrected chi connectivity index (χ1v) is 24.8. The van der Waals surface area contributed by atoms with Gasteiger partial charge in [0.25, 0.3) is 0 Å². The molecule has 1 aromatic rings. The van der Waals surface area contributed by atoms with Crippen molar-refractivity contribution in [2.24, 2.45) is 0 Å². The van der Waals surface area contributed by atoms with Crippen molar-refractivity contribution < 1.29 is 4.43 Å². The van der Waals surface area contributed by atoms with E-state index in [2.05, 4.69) is 103 Å². The van der Waals surface area contributed by atoms with Crippen molar-refractivity contribution in [2.75, 3.05) is 0 Å². The summed E-state index contributed by atoms with van der Waals surface area (Å²) in [6, 6.07) is 10.9. The molecule has 1 rings (SSSR count). The van der Waals surface area contributed by atoms with Crippen LogP contribution in [0.3, 0.4) is 0 Å². The van der Waals surface area contributed by atoms with E-state index in [4.69, 9.17) is 4.43 Å². The Balaban J connectivity index is 3.32. The third-order valence-corrected chi connectivity index (χ3v) is 73.2. The molecule has 1 aromatic carbocycles. The van der Waals surface area contributed by atoms with Gasteiger partial charge >= 0.3 is 0 Å². The molecule has 2 atom stereocenters. The van der Waals surface area contributed by atoms with Crippen LogP contribution in [0.1, 0.15) is 25.3 Å². The van der Waals surface area contributed by atoms with Gasteiger partial charge in [0.15, 0.2) is 6.87 Å². The fourth-order valence-electron chi connectivity index (χ4n) is 5.31. The first-order chi connectivity index (χ1) is 10.6. The number of benzene rings is 1. The summed E-state index contributed by atoms with van der Waals surface area (Å²) in [4.78, 5) is 0. The van der Waals surface area contributed by atoms with Gasteiger partial charge in [0.2, 0.25) is 0 Å². The Bertz CT molecular complexity index is 487.